The lowest BCUT2D eigenvalue weighted by Crippen LogP contribution is -2.60. The minimum atomic E-state index is -1.58. The zero-order chi connectivity index (χ0) is 61.4. The highest BCUT2D eigenvalue weighted by Crippen LogP contribution is 2.23. The predicted octanol–water partition coefficient (Wildman–Crippen LogP) is 18.7. The van der Waals surface area contributed by atoms with Gasteiger partial charge in [-0.1, -0.05) is 300 Å². The molecule has 0 aromatic rings. The lowest BCUT2D eigenvalue weighted by Gasteiger charge is -2.40. The Kier molecular flexibility index (Phi) is 58.3. The first-order valence-corrected chi connectivity index (χ1v) is 34.2. The van der Waals surface area contributed by atoms with Gasteiger partial charge in [-0.05, 0) is 109 Å². The molecule has 9 heteroatoms. The van der Waals surface area contributed by atoms with Gasteiger partial charge < -0.3 is 40.3 Å². The summed E-state index contributed by atoms with van der Waals surface area (Å²) in [6, 6.07) is -0.831. The number of rotatable bonds is 57. The number of nitrogens with one attached hydrogen (secondary N) is 1. The van der Waals surface area contributed by atoms with Crippen LogP contribution in [-0.2, 0) is 14.3 Å². The predicted molar refractivity (Wildman–Crippen MR) is 363 cm³/mol. The summed E-state index contributed by atoms with van der Waals surface area (Å²) in [5.41, 5.74) is 0. The van der Waals surface area contributed by atoms with Crippen LogP contribution >= 0.6 is 0 Å². The van der Waals surface area contributed by atoms with Gasteiger partial charge in [-0.2, -0.15) is 0 Å². The Morgan fingerprint density at radius 1 is 0.412 bits per heavy atom. The Morgan fingerprint density at radius 2 is 0.729 bits per heavy atom. The molecule has 0 aromatic heterocycles. The largest absolute Gasteiger partial charge is 0.394 e. The average molecular weight is 1180 g/mol. The third-order valence-corrected chi connectivity index (χ3v) is 15.1. The fourth-order valence-corrected chi connectivity index (χ4v) is 9.79. The van der Waals surface area contributed by atoms with Crippen LogP contribution in [0.2, 0.25) is 0 Å². The number of hydrogen-bond donors (Lipinski definition) is 6. The van der Waals surface area contributed by atoms with E-state index >= 15 is 0 Å². The zero-order valence-electron chi connectivity index (χ0n) is 53.8. The number of carbonyl (C=O) groups excluding carboxylic acids is 1. The Bertz CT molecular complexity index is 1900. The summed E-state index contributed by atoms with van der Waals surface area (Å²) >= 11 is 0. The molecule has 1 saturated heterocycles. The molecule has 1 rings (SSSR count). The third kappa shape index (κ3) is 51.6. The molecule has 0 saturated carbocycles. The van der Waals surface area contributed by atoms with E-state index in [1.165, 1.54) is 109 Å². The van der Waals surface area contributed by atoms with E-state index < -0.39 is 49.5 Å². The monoisotopic (exact) mass is 1180 g/mol. The van der Waals surface area contributed by atoms with Crippen molar-refractivity contribution >= 4 is 5.91 Å². The third-order valence-electron chi connectivity index (χ3n) is 15.1. The van der Waals surface area contributed by atoms with Crippen LogP contribution in [0.4, 0.5) is 0 Å². The molecular formula is C76H125NO8. The molecule has 1 aliphatic heterocycles. The summed E-state index contributed by atoms with van der Waals surface area (Å²) < 4.78 is 11.3. The number of allylic oxidation sites excluding steroid dienone is 25. The van der Waals surface area contributed by atoms with Crippen molar-refractivity contribution in [2.45, 2.75) is 301 Å². The van der Waals surface area contributed by atoms with Crippen LogP contribution in [0, 0.1) is 0 Å². The molecule has 85 heavy (non-hydrogen) atoms. The molecule has 1 heterocycles. The van der Waals surface area contributed by atoms with Gasteiger partial charge in [0.25, 0.3) is 0 Å². The van der Waals surface area contributed by atoms with Crippen molar-refractivity contribution < 1.29 is 39.8 Å². The Balaban J connectivity index is 2.20. The Morgan fingerprint density at radius 3 is 1.08 bits per heavy atom. The molecule has 0 radical (unpaired) electrons. The van der Waals surface area contributed by atoms with Crippen LogP contribution in [0.1, 0.15) is 258 Å². The van der Waals surface area contributed by atoms with Crippen LogP contribution in [0.3, 0.4) is 0 Å². The van der Waals surface area contributed by atoms with Crippen molar-refractivity contribution in [1.29, 1.82) is 0 Å². The molecule has 6 N–H and O–H groups in total. The van der Waals surface area contributed by atoms with Gasteiger partial charge in [0.2, 0.25) is 5.91 Å². The summed E-state index contributed by atoms with van der Waals surface area (Å²) in [6.07, 6.45) is 91.8. The second-order valence-electron chi connectivity index (χ2n) is 22.9. The maximum atomic E-state index is 13.1. The molecule has 1 amide bonds. The fourth-order valence-electron chi connectivity index (χ4n) is 9.79. The topological polar surface area (TPSA) is 149 Å². The molecule has 1 aliphatic rings. The van der Waals surface area contributed by atoms with Gasteiger partial charge in [0.1, 0.15) is 24.4 Å². The van der Waals surface area contributed by atoms with E-state index in [0.29, 0.717) is 6.42 Å². The van der Waals surface area contributed by atoms with Crippen molar-refractivity contribution in [3.8, 4) is 0 Å². The summed E-state index contributed by atoms with van der Waals surface area (Å²) in [5, 5.41) is 54.7. The fraction of sp³-hybridized carbons (Fsp3) is 0.645. The highest BCUT2D eigenvalue weighted by atomic mass is 16.7. The first-order chi connectivity index (χ1) is 41.8. The van der Waals surface area contributed by atoms with Crippen molar-refractivity contribution in [2.75, 3.05) is 13.2 Å². The van der Waals surface area contributed by atoms with E-state index in [2.05, 4.69) is 165 Å². The standard InChI is InChI=1S/C76H125NO8/c1-3-5-7-9-11-13-15-17-19-21-23-25-26-27-28-29-30-31-32-33-34-35-36-37-38-39-40-41-42-43-44-46-48-50-52-54-56-58-60-62-64-66-72(80)77-69(68-84-76-75(83)74(82)73(81)71(67-78)85-76)70(79)65-63-61-59-57-55-53-51-49-47-45-24-22-20-18-16-14-12-10-8-6-4-2/h5,7,11,13,17,19,23,25,27-28,30-31,33-34,36-37,39-40,42-43,46,48,52,54,63,65,69-71,73-76,78-79,81-83H,3-4,6,8-10,12,14-16,18,20-22,24,26,29,32,35,38,41,44-45,47,49-51,53,55-62,64,66-68H2,1-2H3,(H,77,80)/b7-5-,13-11-,19-17-,25-23-,28-27-,31-30-,34-33-,37-36-,40-39-,43-42-,48-46-,54-52-,65-63+. The van der Waals surface area contributed by atoms with Crippen molar-refractivity contribution in [1.82, 2.24) is 5.32 Å². The first kappa shape index (κ1) is 78.8. The average Bonchev–Trinajstić information content (AvgIpc) is 3.68. The molecule has 9 nitrogen and oxygen atoms in total. The number of hydrogen-bond acceptors (Lipinski definition) is 8. The van der Waals surface area contributed by atoms with Crippen LogP contribution in [0.25, 0.3) is 0 Å². The van der Waals surface area contributed by atoms with Crippen LogP contribution in [0.5, 0.6) is 0 Å². The molecular weight excluding hydrogens is 1050 g/mol. The van der Waals surface area contributed by atoms with E-state index in [1.54, 1.807) is 6.08 Å². The van der Waals surface area contributed by atoms with Gasteiger partial charge in [-0.3, -0.25) is 4.79 Å². The van der Waals surface area contributed by atoms with Gasteiger partial charge in [0.05, 0.1) is 25.4 Å². The van der Waals surface area contributed by atoms with E-state index in [4.69, 9.17) is 9.47 Å². The Hall–Kier alpha value is -4.19. The van der Waals surface area contributed by atoms with Crippen LogP contribution in [-0.4, -0.2) is 87.5 Å². The number of ether oxygens (including phenoxy) is 2. The number of amides is 1. The maximum Gasteiger partial charge on any atom is 0.220 e. The number of aliphatic hydroxyl groups excluding tert-OH is 5. The molecule has 0 aromatic carbocycles. The van der Waals surface area contributed by atoms with Gasteiger partial charge in [0, 0.05) is 6.42 Å². The maximum absolute atomic E-state index is 13.1. The minimum absolute atomic E-state index is 0.206. The first-order valence-electron chi connectivity index (χ1n) is 34.2. The van der Waals surface area contributed by atoms with Crippen LogP contribution < -0.4 is 5.32 Å². The van der Waals surface area contributed by atoms with E-state index in [0.717, 1.165) is 128 Å². The van der Waals surface area contributed by atoms with E-state index in [-0.39, 0.29) is 12.5 Å². The summed E-state index contributed by atoms with van der Waals surface area (Å²) in [4.78, 5) is 13.1. The van der Waals surface area contributed by atoms with Gasteiger partial charge >= 0.3 is 0 Å². The molecule has 0 bridgehead atoms. The molecule has 1 fully saturated rings. The van der Waals surface area contributed by atoms with Gasteiger partial charge in [-0.25, -0.2) is 0 Å². The SMILES string of the molecule is CC/C=C\C/C=C\C/C=C\C/C=C\C/C=C\C/C=C\C/C=C\C/C=C\C/C=C\C/C=C\C/C=C\C/C=C\CCCCCCC(=O)NC(COC1OC(CO)C(O)C(O)C1O)C(O)/C=C/CCCCCCCCCCCCCCCCCCCCC. The number of unbranched alkanes of at least 4 members (excludes halogenated alkanes) is 23. The van der Waals surface area contributed by atoms with Crippen molar-refractivity contribution in [3.63, 3.8) is 0 Å². The van der Waals surface area contributed by atoms with Gasteiger partial charge in [-0.15, -0.1) is 0 Å². The smallest absolute Gasteiger partial charge is 0.220 e. The molecule has 482 valence electrons. The summed E-state index contributed by atoms with van der Waals surface area (Å²) in [7, 11) is 0. The Labute approximate surface area is 520 Å². The second kappa shape index (κ2) is 62.8. The second-order valence-corrected chi connectivity index (χ2v) is 22.9. The molecule has 0 aliphatic carbocycles. The van der Waals surface area contributed by atoms with E-state index in [9.17, 15) is 30.3 Å². The molecule has 7 unspecified atom stereocenters. The lowest BCUT2D eigenvalue weighted by atomic mass is 9.99. The number of carbonyl (C=O) groups is 1. The normalized spacial score (nSPS) is 19.2. The van der Waals surface area contributed by atoms with E-state index in [1.807, 2.05) is 6.08 Å². The lowest BCUT2D eigenvalue weighted by molar-refractivity contribution is -0.302. The molecule has 0 spiro atoms. The summed E-state index contributed by atoms with van der Waals surface area (Å²) in [5.74, 6) is -0.206. The van der Waals surface area contributed by atoms with Crippen molar-refractivity contribution in [2.24, 2.45) is 0 Å². The zero-order valence-corrected chi connectivity index (χ0v) is 53.8. The minimum Gasteiger partial charge on any atom is -0.394 e. The highest BCUT2D eigenvalue weighted by molar-refractivity contribution is 5.76. The highest BCUT2D eigenvalue weighted by Gasteiger charge is 2.44. The van der Waals surface area contributed by atoms with Crippen LogP contribution in [0.15, 0.2) is 158 Å². The summed E-state index contributed by atoms with van der Waals surface area (Å²) in [6.45, 7) is 3.66. The quantitative estimate of drug-likeness (QED) is 0.0261. The molecule has 7 atom stereocenters. The number of aliphatic hydroxyl groups is 5. The van der Waals surface area contributed by atoms with Crippen molar-refractivity contribution in [3.05, 3.63) is 158 Å². The van der Waals surface area contributed by atoms with Gasteiger partial charge in [0.15, 0.2) is 6.29 Å².